The van der Waals surface area contributed by atoms with Crippen LogP contribution in [0.3, 0.4) is 0 Å². The van der Waals surface area contributed by atoms with E-state index in [9.17, 15) is 4.79 Å². The molecule has 2 heterocycles. The van der Waals surface area contributed by atoms with Crippen molar-refractivity contribution < 1.29 is 4.79 Å². The van der Waals surface area contributed by atoms with E-state index in [0.29, 0.717) is 0 Å². The molecule has 2 aliphatic rings. The average Bonchev–Trinajstić information content (AvgIpc) is 2.80. The lowest BCUT2D eigenvalue weighted by atomic mass is 9.91. The molecule has 4 heteroatoms. The first kappa shape index (κ1) is 14.8. The highest BCUT2D eigenvalue weighted by molar-refractivity contribution is 5.79. The Morgan fingerprint density at radius 3 is 2.63 bits per heavy atom. The number of hydrogen-bond donors (Lipinski definition) is 2. The Bertz CT molecular complexity index is 292. The fraction of sp³-hybridized carbons (Fsp3) is 0.933. The predicted molar refractivity (Wildman–Crippen MR) is 78.0 cm³/mol. The van der Waals surface area contributed by atoms with Crippen LogP contribution >= 0.6 is 0 Å². The molecule has 4 atom stereocenters. The Kier molecular flexibility index (Phi) is 5.22. The number of piperidine rings is 1. The maximum atomic E-state index is 12.1. The van der Waals surface area contributed by atoms with Crippen LogP contribution in [0.1, 0.15) is 33.6 Å². The highest BCUT2D eigenvalue weighted by Gasteiger charge is 2.26. The van der Waals surface area contributed by atoms with Crippen LogP contribution in [0, 0.1) is 17.8 Å². The highest BCUT2D eigenvalue weighted by Crippen LogP contribution is 2.20. The molecular formula is C15H29N3O. The van der Waals surface area contributed by atoms with E-state index in [0.717, 1.165) is 37.9 Å². The van der Waals surface area contributed by atoms with Gasteiger partial charge in [-0.3, -0.25) is 4.79 Å². The highest BCUT2D eigenvalue weighted by atomic mass is 16.2. The number of hydrogen-bond acceptors (Lipinski definition) is 3. The van der Waals surface area contributed by atoms with E-state index in [4.69, 9.17) is 0 Å². The SMILES string of the molecule is CC1CC(C)CN(CC(C)NC(=O)C2CCNC2)C1. The van der Waals surface area contributed by atoms with Crippen molar-refractivity contribution in [2.75, 3.05) is 32.7 Å². The molecule has 0 bridgehead atoms. The zero-order valence-corrected chi connectivity index (χ0v) is 12.6. The summed E-state index contributed by atoms with van der Waals surface area (Å²) in [6, 6.07) is 0.255. The number of carbonyl (C=O) groups is 1. The number of nitrogens with one attached hydrogen (secondary N) is 2. The van der Waals surface area contributed by atoms with Gasteiger partial charge in [-0.15, -0.1) is 0 Å². The number of nitrogens with zero attached hydrogens (tertiary/aromatic N) is 1. The summed E-state index contributed by atoms with van der Waals surface area (Å²) >= 11 is 0. The van der Waals surface area contributed by atoms with E-state index < -0.39 is 0 Å². The first-order valence-electron chi connectivity index (χ1n) is 7.78. The van der Waals surface area contributed by atoms with E-state index >= 15 is 0 Å². The van der Waals surface area contributed by atoms with Gasteiger partial charge in [0.25, 0.3) is 0 Å². The second-order valence-electron chi connectivity index (χ2n) is 6.76. The second-order valence-corrected chi connectivity index (χ2v) is 6.76. The van der Waals surface area contributed by atoms with E-state index in [1.165, 1.54) is 19.5 Å². The van der Waals surface area contributed by atoms with Crippen LogP contribution in [0.5, 0.6) is 0 Å². The Labute approximate surface area is 117 Å². The molecule has 4 nitrogen and oxygen atoms in total. The van der Waals surface area contributed by atoms with Crippen molar-refractivity contribution in [3.8, 4) is 0 Å². The number of amides is 1. The van der Waals surface area contributed by atoms with Crippen LogP contribution in [0.15, 0.2) is 0 Å². The minimum absolute atomic E-state index is 0.182. The number of likely N-dealkylation sites (tertiary alicyclic amines) is 1. The molecule has 0 saturated carbocycles. The summed E-state index contributed by atoms with van der Waals surface area (Å²) in [5.74, 6) is 1.98. The van der Waals surface area contributed by atoms with Gasteiger partial charge >= 0.3 is 0 Å². The summed E-state index contributed by atoms with van der Waals surface area (Å²) in [5.41, 5.74) is 0. The van der Waals surface area contributed by atoms with Gasteiger partial charge in [0, 0.05) is 32.2 Å². The Balaban J connectivity index is 1.74. The van der Waals surface area contributed by atoms with Gasteiger partial charge in [0.05, 0.1) is 5.92 Å². The third-order valence-electron chi connectivity index (χ3n) is 4.30. The third kappa shape index (κ3) is 4.46. The van der Waals surface area contributed by atoms with E-state index in [1.807, 2.05) is 0 Å². The molecule has 19 heavy (non-hydrogen) atoms. The van der Waals surface area contributed by atoms with Crippen molar-refractivity contribution >= 4 is 5.91 Å². The molecule has 2 saturated heterocycles. The molecular weight excluding hydrogens is 238 g/mol. The van der Waals surface area contributed by atoms with Crippen molar-refractivity contribution in [1.82, 2.24) is 15.5 Å². The zero-order chi connectivity index (χ0) is 13.8. The van der Waals surface area contributed by atoms with Crippen LogP contribution in [-0.4, -0.2) is 49.6 Å². The molecule has 0 aromatic rings. The van der Waals surface area contributed by atoms with Crippen LogP contribution < -0.4 is 10.6 Å². The molecule has 2 N–H and O–H groups in total. The molecule has 0 radical (unpaired) electrons. The first-order chi connectivity index (χ1) is 9.04. The van der Waals surface area contributed by atoms with E-state index in [1.54, 1.807) is 0 Å². The molecule has 0 spiro atoms. The van der Waals surface area contributed by atoms with Crippen LogP contribution in [0.25, 0.3) is 0 Å². The lowest BCUT2D eigenvalue weighted by molar-refractivity contribution is -0.125. The standard InChI is InChI=1S/C15H29N3O/c1-11-6-12(2)9-18(8-11)10-13(3)17-15(19)14-4-5-16-7-14/h11-14,16H,4-10H2,1-3H3,(H,17,19). The normalized spacial score (nSPS) is 34.2. The van der Waals surface area contributed by atoms with Gasteiger partial charge in [0.15, 0.2) is 0 Å². The molecule has 2 rings (SSSR count). The minimum atomic E-state index is 0.182. The van der Waals surface area contributed by atoms with Crippen molar-refractivity contribution in [1.29, 1.82) is 0 Å². The summed E-state index contributed by atoms with van der Waals surface area (Å²) in [4.78, 5) is 14.6. The Hall–Kier alpha value is -0.610. The fourth-order valence-corrected chi connectivity index (χ4v) is 3.61. The quantitative estimate of drug-likeness (QED) is 0.801. The predicted octanol–water partition coefficient (Wildman–Crippen LogP) is 1.08. The largest absolute Gasteiger partial charge is 0.352 e. The van der Waals surface area contributed by atoms with Crippen molar-refractivity contribution in [3.05, 3.63) is 0 Å². The zero-order valence-electron chi connectivity index (χ0n) is 12.6. The van der Waals surface area contributed by atoms with E-state index in [2.05, 4.69) is 36.3 Å². The van der Waals surface area contributed by atoms with Crippen molar-refractivity contribution in [2.45, 2.75) is 39.7 Å². The summed E-state index contributed by atoms with van der Waals surface area (Å²) in [6.07, 6.45) is 2.32. The van der Waals surface area contributed by atoms with Crippen molar-refractivity contribution in [3.63, 3.8) is 0 Å². The molecule has 0 aliphatic carbocycles. The van der Waals surface area contributed by atoms with Crippen LogP contribution in [0.2, 0.25) is 0 Å². The molecule has 2 aliphatic heterocycles. The van der Waals surface area contributed by atoms with Gasteiger partial charge in [0.1, 0.15) is 0 Å². The van der Waals surface area contributed by atoms with Crippen LogP contribution in [-0.2, 0) is 4.79 Å². The average molecular weight is 267 g/mol. The van der Waals surface area contributed by atoms with Gasteiger partial charge in [-0.25, -0.2) is 0 Å². The maximum Gasteiger partial charge on any atom is 0.224 e. The van der Waals surface area contributed by atoms with Gasteiger partial charge in [-0.2, -0.15) is 0 Å². The third-order valence-corrected chi connectivity index (χ3v) is 4.30. The monoisotopic (exact) mass is 267 g/mol. The van der Waals surface area contributed by atoms with Gasteiger partial charge in [-0.05, 0) is 38.1 Å². The Morgan fingerprint density at radius 1 is 1.37 bits per heavy atom. The summed E-state index contributed by atoms with van der Waals surface area (Å²) < 4.78 is 0. The van der Waals surface area contributed by atoms with Crippen molar-refractivity contribution in [2.24, 2.45) is 17.8 Å². The molecule has 110 valence electrons. The maximum absolute atomic E-state index is 12.1. The molecule has 4 unspecified atom stereocenters. The lowest BCUT2D eigenvalue weighted by Crippen LogP contribution is -2.48. The number of rotatable bonds is 4. The fourth-order valence-electron chi connectivity index (χ4n) is 3.61. The van der Waals surface area contributed by atoms with Gasteiger partial charge in [0.2, 0.25) is 5.91 Å². The molecule has 0 aromatic carbocycles. The molecule has 0 aromatic heterocycles. The Morgan fingerprint density at radius 2 is 2.05 bits per heavy atom. The molecule has 1 amide bonds. The van der Waals surface area contributed by atoms with Gasteiger partial charge < -0.3 is 15.5 Å². The van der Waals surface area contributed by atoms with Gasteiger partial charge in [-0.1, -0.05) is 13.8 Å². The summed E-state index contributed by atoms with van der Waals surface area (Å²) in [6.45, 7) is 12.0. The smallest absolute Gasteiger partial charge is 0.224 e. The topological polar surface area (TPSA) is 44.4 Å². The molecule has 2 fully saturated rings. The minimum Gasteiger partial charge on any atom is -0.352 e. The lowest BCUT2D eigenvalue weighted by Gasteiger charge is -2.36. The summed E-state index contributed by atoms with van der Waals surface area (Å²) in [5, 5.41) is 6.43. The van der Waals surface area contributed by atoms with Crippen LogP contribution in [0.4, 0.5) is 0 Å². The first-order valence-corrected chi connectivity index (χ1v) is 7.78. The second kappa shape index (κ2) is 6.71. The van der Waals surface area contributed by atoms with E-state index in [-0.39, 0.29) is 17.9 Å². The summed E-state index contributed by atoms with van der Waals surface area (Å²) in [7, 11) is 0. The number of carbonyl (C=O) groups excluding carboxylic acids is 1.